The number of hydrogen-bond acceptors (Lipinski definition) is 4. The second-order valence-electron chi connectivity index (χ2n) is 10.3. The molecule has 0 radical (unpaired) electrons. The van der Waals surface area contributed by atoms with E-state index in [0.717, 1.165) is 19.4 Å². The number of ketones is 1. The third-order valence-electron chi connectivity index (χ3n) is 7.65. The van der Waals surface area contributed by atoms with Crippen LogP contribution in [0.5, 0.6) is 0 Å². The predicted molar refractivity (Wildman–Crippen MR) is 109 cm³/mol. The summed E-state index contributed by atoms with van der Waals surface area (Å²) < 4.78 is 18.5. The maximum atomic E-state index is 13.4. The molecule has 1 aliphatic heterocycles. The van der Waals surface area contributed by atoms with E-state index >= 15 is 0 Å². The lowest BCUT2D eigenvalue weighted by Gasteiger charge is -2.38. The van der Waals surface area contributed by atoms with E-state index in [1.807, 2.05) is 13.8 Å². The topological polar surface area (TPSA) is 44.8 Å². The van der Waals surface area contributed by atoms with Gasteiger partial charge in [-0.05, 0) is 56.9 Å². The summed E-state index contributed by atoms with van der Waals surface area (Å²) in [7, 11) is 1.78. The van der Waals surface area contributed by atoms with Crippen molar-refractivity contribution in [3.8, 4) is 0 Å². The Bertz CT molecular complexity index is 731. The molecule has 1 saturated carbocycles. The molecule has 1 saturated heterocycles. The zero-order chi connectivity index (χ0) is 20.4. The summed E-state index contributed by atoms with van der Waals surface area (Å²) in [6, 6.07) is 0. The number of rotatable bonds is 3. The van der Waals surface area contributed by atoms with Crippen molar-refractivity contribution < 1.29 is 19.0 Å². The van der Waals surface area contributed by atoms with Gasteiger partial charge in [0, 0.05) is 19.4 Å². The van der Waals surface area contributed by atoms with Gasteiger partial charge in [-0.2, -0.15) is 0 Å². The molecule has 156 valence electrons. The highest BCUT2D eigenvalue weighted by Crippen LogP contribution is 2.56. The van der Waals surface area contributed by atoms with Crippen LogP contribution in [0.25, 0.3) is 0 Å². The SMILES string of the molecule is COC[C@H]1CC[C@@H]2C1=C[C@@]1(C)C(=O)CC(C(C)C)=C1[C@H]1OC(C)(C)O[C@@H]1[C@@H]2C. The van der Waals surface area contributed by atoms with Crippen LogP contribution in [0.3, 0.4) is 0 Å². The number of Topliss-reactive ketones (excluding diaryl/α,β-unsaturated/α-hetero) is 1. The average molecular weight is 389 g/mol. The number of ether oxygens (including phenoxy) is 3. The Hall–Kier alpha value is -0.970. The zero-order valence-corrected chi connectivity index (χ0v) is 18.5. The Balaban J connectivity index is 1.92. The summed E-state index contributed by atoms with van der Waals surface area (Å²) in [5.41, 5.74) is 3.27. The van der Waals surface area contributed by atoms with E-state index in [-0.39, 0.29) is 12.2 Å². The van der Waals surface area contributed by atoms with Gasteiger partial charge in [0.05, 0.1) is 18.1 Å². The fourth-order valence-corrected chi connectivity index (χ4v) is 6.23. The van der Waals surface area contributed by atoms with Crippen LogP contribution in [0.2, 0.25) is 0 Å². The van der Waals surface area contributed by atoms with E-state index in [4.69, 9.17) is 14.2 Å². The average Bonchev–Trinajstić information content (AvgIpc) is 3.21. The summed E-state index contributed by atoms with van der Waals surface area (Å²) in [6.07, 6.45) is 4.96. The smallest absolute Gasteiger partial charge is 0.164 e. The quantitative estimate of drug-likeness (QED) is 0.658. The predicted octanol–water partition coefficient (Wildman–Crippen LogP) is 4.69. The molecule has 0 aromatic rings. The van der Waals surface area contributed by atoms with Crippen molar-refractivity contribution in [2.45, 2.75) is 78.8 Å². The molecule has 4 heteroatoms. The fraction of sp³-hybridized carbons (Fsp3) is 0.792. The number of hydrogen-bond donors (Lipinski definition) is 0. The molecule has 0 unspecified atom stereocenters. The van der Waals surface area contributed by atoms with E-state index in [1.165, 1.54) is 16.7 Å². The van der Waals surface area contributed by atoms with Crippen LogP contribution in [0.1, 0.15) is 60.8 Å². The fourth-order valence-electron chi connectivity index (χ4n) is 6.23. The van der Waals surface area contributed by atoms with Crippen LogP contribution in [0.15, 0.2) is 22.8 Å². The Morgan fingerprint density at radius 2 is 1.93 bits per heavy atom. The van der Waals surface area contributed by atoms with Crippen molar-refractivity contribution >= 4 is 5.78 Å². The van der Waals surface area contributed by atoms with E-state index in [9.17, 15) is 4.79 Å². The minimum atomic E-state index is -0.625. The van der Waals surface area contributed by atoms with Crippen LogP contribution < -0.4 is 0 Å². The first-order chi connectivity index (χ1) is 13.1. The van der Waals surface area contributed by atoms with Crippen LogP contribution in [-0.4, -0.2) is 37.5 Å². The molecule has 0 aromatic carbocycles. The standard InChI is InChI=1S/C24H36O4/c1-13(2)17-10-19(25)24(6)11-18-15(12-26-7)8-9-16(18)14(3)21-22(20(17)24)28-23(4,5)27-21/h11,13-16,21-22H,8-10,12H2,1-7H3/t14-,15-,16+,21-,22-,24+/m1/s1. The largest absolute Gasteiger partial charge is 0.384 e. The van der Waals surface area contributed by atoms with Crippen LogP contribution >= 0.6 is 0 Å². The van der Waals surface area contributed by atoms with Gasteiger partial charge in [-0.3, -0.25) is 4.79 Å². The molecule has 0 amide bonds. The number of carbonyl (C=O) groups excluding carboxylic acids is 1. The third-order valence-corrected chi connectivity index (χ3v) is 7.65. The van der Waals surface area contributed by atoms with Gasteiger partial charge in [-0.1, -0.05) is 38.0 Å². The number of carbonyl (C=O) groups is 1. The number of methoxy groups -OCH3 is 1. The number of fused-ring (bicyclic) bond motifs is 4. The first-order valence-electron chi connectivity index (χ1n) is 10.9. The van der Waals surface area contributed by atoms with Crippen molar-refractivity contribution in [1.82, 2.24) is 0 Å². The molecule has 6 atom stereocenters. The van der Waals surface area contributed by atoms with Crippen LogP contribution in [-0.2, 0) is 19.0 Å². The minimum Gasteiger partial charge on any atom is -0.384 e. The molecule has 0 aromatic heterocycles. The third kappa shape index (κ3) is 2.95. The van der Waals surface area contributed by atoms with Gasteiger partial charge in [-0.25, -0.2) is 0 Å². The van der Waals surface area contributed by atoms with Crippen molar-refractivity contribution in [3.05, 3.63) is 22.8 Å². The number of allylic oxidation sites excluding steroid dienone is 2. The van der Waals surface area contributed by atoms with Gasteiger partial charge in [0.25, 0.3) is 0 Å². The second-order valence-corrected chi connectivity index (χ2v) is 10.3. The summed E-state index contributed by atoms with van der Waals surface area (Å²) in [4.78, 5) is 13.4. The highest BCUT2D eigenvalue weighted by atomic mass is 16.8. The normalized spacial score (nSPS) is 42.2. The van der Waals surface area contributed by atoms with Crippen molar-refractivity contribution in [2.24, 2.45) is 29.1 Å². The summed E-state index contributed by atoms with van der Waals surface area (Å²) in [6.45, 7) is 13.6. The minimum absolute atomic E-state index is 0.0148. The summed E-state index contributed by atoms with van der Waals surface area (Å²) >= 11 is 0. The molecule has 1 heterocycles. The molecule has 0 spiro atoms. The Labute approximate surface area is 169 Å². The lowest BCUT2D eigenvalue weighted by atomic mass is 9.68. The molecule has 2 fully saturated rings. The molecule has 0 N–H and O–H groups in total. The van der Waals surface area contributed by atoms with Gasteiger partial charge in [0.15, 0.2) is 11.6 Å². The van der Waals surface area contributed by atoms with Crippen molar-refractivity contribution in [2.75, 3.05) is 13.7 Å². The van der Waals surface area contributed by atoms with Crippen LogP contribution in [0.4, 0.5) is 0 Å². The van der Waals surface area contributed by atoms with E-state index in [1.54, 1.807) is 7.11 Å². The molecule has 4 nitrogen and oxygen atoms in total. The highest BCUT2D eigenvalue weighted by molar-refractivity contribution is 5.96. The van der Waals surface area contributed by atoms with E-state index < -0.39 is 11.2 Å². The van der Waals surface area contributed by atoms with Gasteiger partial charge < -0.3 is 14.2 Å². The molecule has 0 bridgehead atoms. The van der Waals surface area contributed by atoms with Crippen LogP contribution in [0, 0.1) is 29.1 Å². The van der Waals surface area contributed by atoms with Gasteiger partial charge in [-0.15, -0.1) is 0 Å². The maximum absolute atomic E-state index is 13.4. The highest BCUT2D eigenvalue weighted by Gasteiger charge is 2.57. The molecular formula is C24H36O4. The lowest BCUT2D eigenvalue weighted by Crippen LogP contribution is -2.42. The monoisotopic (exact) mass is 388 g/mol. The van der Waals surface area contributed by atoms with Crippen molar-refractivity contribution in [1.29, 1.82) is 0 Å². The first-order valence-corrected chi connectivity index (χ1v) is 10.9. The van der Waals surface area contributed by atoms with Gasteiger partial charge >= 0.3 is 0 Å². The molecule has 28 heavy (non-hydrogen) atoms. The maximum Gasteiger partial charge on any atom is 0.164 e. The summed E-state index contributed by atoms with van der Waals surface area (Å²) in [5, 5.41) is 0. The lowest BCUT2D eigenvalue weighted by molar-refractivity contribution is -0.149. The zero-order valence-electron chi connectivity index (χ0n) is 18.5. The summed E-state index contributed by atoms with van der Waals surface area (Å²) in [5.74, 6) is 1.19. The molecule has 3 aliphatic carbocycles. The van der Waals surface area contributed by atoms with Gasteiger partial charge in [0.1, 0.15) is 6.10 Å². The van der Waals surface area contributed by atoms with E-state index in [0.29, 0.717) is 35.9 Å². The second kappa shape index (κ2) is 6.78. The Kier molecular flexibility index (Phi) is 4.92. The Morgan fingerprint density at radius 3 is 2.57 bits per heavy atom. The Morgan fingerprint density at radius 1 is 1.21 bits per heavy atom. The molecule has 4 aliphatic rings. The molecular weight excluding hydrogens is 352 g/mol. The first kappa shape index (κ1) is 20.3. The van der Waals surface area contributed by atoms with E-state index in [2.05, 4.69) is 33.8 Å². The van der Waals surface area contributed by atoms with Crippen molar-refractivity contribution in [3.63, 3.8) is 0 Å². The van der Waals surface area contributed by atoms with Gasteiger partial charge in [0.2, 0.25) is 0 Å². The molecule has 4 rings (SSSR count).